The first-order valence-corrected chi connectivity index (χ1v) is 4.46. The van der Waals surface area contributed by atoms with Crippen LogP contribution in [0.15, 0.2) is 24.3 Å². The van der Waals surface area contributed by atoms with E-state index in [9.17, 15) is 13.2 Å². The fourth-order valence-corrected chi connectivity index (χ4v) is 1.58. The molecule has 2 aromatic rings. The molecule has 0 aliphatic carbocycles. The van der Waals surface area contributed by atoms with Crippen LogP contribution >= 0.6 is 0 Å². The summed E-state index contributed by atoms with van der Waals surface area (Å²) in [6.07, 6.45) is -4.23. The van der Waals surface area contributed by atoms with Crippen LogP contribution in [0.5, 0.6) is 0 Å². The van der Waals surface area contributed by atoms with Crippen molar-refractivity contribution < 1.29 is 13.2 Å². The number of fused-ring (bicyclic) bond motifs is 1. The predicted octanol–water partition coefficient (Wildman–Crippen LogP) is 2.91. The Morgan fingerprint density at radius 1 is 1.27 bits per heavy atom. The smallest absolute Gasteiger partial charge is 0.255 e. The zero-order chi connectivity index (χ0) is 11.1. The van der Waals surface area contributed by atoms with E-state index in [2.05, 4.69) is 5.10 Å². The van der Waals surface area contributed by atoms with Gasteiger partial charge < -0.3 is 0 Å². The number of hydrogen-bond acceptors (Lipinski definition) is 1. The largest absolute Gasteiger partial charge is 0.408 e. The highest BCUT2D eigenvalue weighted by Crippen LogP contribution is 2.22. The van der Waals surface area contributed by atoms with Crippen LogP contribution < -0.4 is 0 Å². The topological polar surface area (TPSA) is 17.8 Å². The molecular formula is C10H9F3N2. The van der Waals surface area contributed by atoms with E-state index < -0.39 is 12.7 Å². The van der Waals surface area contributed by atoms with Crippen LogP contribution in [0.2, 0.25) is 0 Å². The van der Waals surface area contributed by atoms with Crippen LogP contribution in [-0.2, 0) is 6.54 Å². The van der Waals surface area contributed by atoms with Gasteiger partial charge in [0.05, 0.1) is 11.2 Å². The second-order valence-electron chi connectivity index (χ2n) is 3.38. The standard InChI is InChI=1S/C10H9F3N2/c1-7-8-4-2-3-5-9(8)15(14-7)6-10(11,12)13/h2-5H,6H2,1H3. The molecule has 0 saturated heterocycles. The van der Waals surface area contributed by atoms with E-state index >= 15 is 0 Å². The third kappa shape index (κ3) is 1.95. The van der Waals surface area contributed by atoms with Crippen molar-refractivity contribution in [2.75, 3.05) is 0 Å². The molecule has 0 unspecified atom stereocenters. The molecule has 1 heterocycles. The van der Waals surface area contributed by atoms with Gasteiger partial charge in [-0.15, -0.1) is 0 Å². The molecular weight excluding hydrogens is 205 g/mol. The molecule has 0 N–H and O–H groups in total. The van der Waals surface area contributed by atoms with Gasteiger partial charge in [0.2, 0.25) is 0 Å². The van der Waals surface area contributed by atoms with Crippen molar-refractivity contribution >= 4 is 10.9 Å². The quantitative estimate of drug-likeness (QED) is 0.713. The second kappa shape index (κ2) is 3.25. The molecule has 1 aromatic heterocycles. The lowest BCUT2D eigenvalue weighted by atomic mass is 10.2. The van der Waals surface area contributed by atoms with Gasteiger partial charge in [-0.25, -0.2) is 0 Å². The number of aryl methyl sites for hydroxylation is 1. The van der Waals surface area contributed by atoms with E-state index in [0.717, 1.165) is 10.1 Å². The van der Waals surface area contributed by atoms with E-state index in [1.165, 1.54) is 0 Å². The average Bonchev–Trinajstić information content (AvgIpc) is 2.42. The van der Waals surface area contributed by atoms with Crippen LogP contribution in [-0.4, -0.2) is 16.0 Å². The summed E-state index contributed by atoms with van der Waals surface area (Å²) in [4.78, 5) is 0. The lowest BCUT2D eigenvalue weighted by Crippen LogP contribution is -2.18. The zero-order valence-electron chi connectivity index (χ0n) is 8.04. The van der Waals surface area contributed by atoms with Gasteiger partial charge >= 0.3 is 6.18 Å². The summed E-state index contributed by atoms with van der Waals surface area (Å²) >= 11 is 0. The third-order valence-corrected chi connectivity index (χ3v) is 2.17. The monoisotopic (exact) mass is 214 g/mol. The first-order valence-electron chi connectivity index (χ1n) is 4.46. The first-order chi connectivity index (χ1) is 6.97. The maximum atomic E-state index is 12.2. The summed E-state index contributed by atoms with van der Waals surface area (Å²) in [5, 5.41) is 4.64. The highest BCUT2D eigenvalue weighted by atomic mass is 19.4. The third-order valence-electron chi connectivity index (χ3n) is 2.17. The molecule has 2 nitrogen and oxygen atoms in total. The van der Waals surface area contributed by atoms with Crippen LogP contribution in [0.25, 0.3) is 10.9 Å². The van der Waals surface area contributed by atoms with Gasteiger partial charge in [-0.2, -0.15) is 18.3 Å². The van der Waals surface area contributed by atoms with Crippen molar-refractivity contribution in [1.29, 1.82) is 0 Å². The van der Waals surface area contributed by atoms with Crippen LogP contribution in [0, 0.1) is 6.92 Å². The highest BCUT2D eigenvalue weighted by molar-refractivity contribution is 5.81. The lowest BCUT2D eigenvalue weighted by molar-refractivity contribution is -0.141. The minimum Gasteiger partial charge on any atom is -0.255 e. The summed E-state index contributed by atoms with van der Waals surface area (Å²) in [6, 6.07) is 6.90. The van der Waals surface area contributed by atoms with Gasteiger partial charge in [-0.3, -0.25) is 4.68 Å². The summed E-state index contributed by atoms with van der Waals surface area (Å²) in [7, 11) is 0. The van der Waals surface area contributed by atoms with Crippen LogP contribution in [0.1, 0.15) is 5.69 Å². The Morgan fingerprint density at radius 3 is 2.60 bits per heavy atom. The molecule has 0 bridgehead atoms. The summed E-state index contributed by atoms with van der Waals surface area (Å²) in [6.45, 7) is 0.663. The van der Waals surface area contributed by atoms with Crippen LogP contribution in [0.3, 0.4) is 0 Å². The molecule has 0 amide bonds. The number of benzene rings is 1. The minimum absolute atomic E-state index is 0.521. The summed E-state index contributed by atoms with van der Waals surface area (Å²) < 4.78 is 37.6. The fraction of sp³-hybridized carbons (Fsp3) is 0.300. The minimum atomic E-state index is -4.23. The second-order valence-corrected chi connectivity index (χ2v) is 3.38. The maximum Gasteiger partial charge on any atom is 0.408 e. The van der Waals surface area contributed by atoms with Gasteiger partial charge in [-0.1, -0.05) is 18.2 Å². The number of alkyl halides is 3. The zero-order valence-corrected chi connectivity index (χ0v) is 8.04. The summed E-state index contributed by atoms with van der Waals surface area (Å²) in [5.41, 5.74) is 1.14. The van der Waals surface area contributed by atoms with Crippen molar-refractivity contribution in [1.82, 2.24) is 9.78 Å². The molecule has 0 fully saturated rings. The Kier molecular flexibility index (Phi) is 2.17. The molecule has 0 atom stereocenters. The Bertz CT molecular complexity index is 485. The molecule has 15 heavy (non-hydrogen) atoms. The molecule has 0 aliphatic heterocycles. The Balaban J connectivity index is 2.53. The van der Waals surface area contributed by atoms with Crippen molar-refractivity contribution in [2.24, 2.45) is 0 Å². The predicted molar refractivity (Wildman–Crippen MR) is 50.5 cm³/mol. The molecule has 1 aromatic carbocycles. The Labute approximate surface area is 84.3 Å². The van der Waals surface area contributed by atoms with Crippen LogP contribution in [0.4, 0.5) is 13.2 Å². The molecule has 2 rings (SSSR count). The lowest BCUT2D eigenvalue weighted by Gasteiger charge is -2.06. The molecule has 80 valence electrons. The van der Waals surface area contributed by atoms with E-state index in [1.807, 2.05) is 0 Å². The number of aromatic nitrogens is 2. The van der Waals surface area contributed by atoms with E-state index in [4.69, 9.17) is 0 Å². The van der Waals surface area contributed by atoms with Gasteiger partial charge in [-0.05, 0) is 13.0 Å². The SMILES string of the molecule is Cc1nn(CC(F)(F)F)c2ccccc12. The van der Waals surface area contributed by atoms with E-state index in [-0.39, 0.29) is 0 Å². The van der Waals surface area contributed by atoms with Crippen molar-refractivity contribution in [3.63, 3.8) is 0 Å². The fourth-order valence-electron chi connectivity index (χ4n) is 1.58. The van der Waals surface area contributed by atoms with Gasteiger partial charge in [0.25, 0.3) is 0 Å². The Hall–Kier alpha value is -1.52. The van der Waals surface area contributed by atoms with Gasteiger partial charge in [0.1, 0.15) is 6.54 Å². The number of rotatable bonds is 1. The van der Waals surface area contributed by atoms with Gasteiger partial charge in [0, 0.05) is 5.39 Å². The average molecular weight is 214 g/mol. The number of hydrogen-bond donors (Lipinski definition) is 0. The number of nitrogens with zero attached hydrogens (tertiary/aromatic N) is 2. The maximum absolute atomic E-state index is 12.2. The van der Waals surface area contributed by atoms with Crippen molar-refractivity contribution in [3.8, 4) is 0 Å². The van der Waals surface area contributed by atoms with Crippen molar-refractivity contribution in [2.45, 2.75) is 19.6 Å². The van der Waals surface area contributed by atoms with E-state index in [0.29, 0.717) is 11.2 Å². The molecule has 0 saturated carbocycles. The number of para-hydroxylation sites is 1. The molecule has 0 radical (unpaired) electrons. The highest BCUT2D eigenvalue weighted by Gasteiger charge is 2.29. The molecule has 0 aliphatic rings. The molecule has 0 spiro atoms. The molecule has 5 heteroatoms. The first kappa shape index (κ1) is 10.0. The van der Waals surface area contributed by atoms with Gasteiger partial charge in [0.15, 0.2) is 0 Å². The summed E-state index contributed by atoms with van der Waals surface area (Å²) in [5.74, 6) is 0. The Morgan fingerprint density at radius 2 is 1.93 bits per heavy atom. The van der Waals surface area contributed by atoms with Crippen molar-refractivity contribution in [3.05, 3.63) is 30.0 Å². The number of halogens is 3. The normalized spacial score (nSPS) is 12.3. The van der Waals surface area contributed by atoms with E-state index in [1.54, 1.807) is 31.2 Å².